The summed E-state index contributed by atoms with van der Waals surface area (Å²) in [6, 6.07) is 6.74. The van der Waals surface area contributed by atoms with E-state index in [1.807, 2.05) is 0 Å². The van der Waals surface area contributed by atoms with Crippen LogP contribution in [0.5, 0.6) is 5.75 Å². The molecule has 3 atom stereocenters. The Hall–Kier alpha value is -1.02. The van der Waals surface area contributed by atoms with Gasteiger partial charge in [-0.2, -0.15) is 0 Å². The minimum Gasteiger partial charge on any atom is -0.496 e. The normalized spacial score (nSPS) is 29.7. The summed E-state index contributed by atoms with van der Waals surface area (Å²) >= 11 is 0. The van der Waals surface area contributed by atoms with Gasteiger partial charge in [0.25, 0.3) is 0 Å². The topological polar surface area (TPSA) is 35.2 Å². The zero-order valence-electron chi connectivity index (χ0n) is 9.66. The van der Waals surface area contributed by atoms with Gasteiger partial charge in [0.2, 0.25) is 0 Å². The molecule has 15 heavy (non-hydrogen) atoms. The van der Waals surface area contributed by atoms with Crippen LogP contribution in [0.15, 0.2) is 18.2 Å². The molecule has 2 rings (SSSR count). The third-order valence-corrected chi connectivity index (χ3v) is 3.62. The number of aryl methyl sites for hydroxylation is 1. The zero-order valence-corrected chi connectivity index (χ0v) is 9.66. The van der Waals surface area contributed by atoms with E-state index >= 15 is 0 Å². The molecule has 0 saturated heterocycles. The Balaban J connectivity index is 2.30. The molecule has 2 N–H and O–H groups in total. The standard InChI is InChI=1S/C13H19NO/c1-8-4-5-13(15-3)11(6-8)10-7-12(14)9(10)2/h4-6,9-10,12H,7,14H2,1-3H3. The highest BCUT2D eigenvalue weighted by atomic mass is 16.5. The highest BCUT2D eigenvalue weighted by Crippen LogP contribution is 2.44. The largest absolute Gasteiger partial charge is 0.496 e. The molecule has 0 aromatic heterocycles. The first-order valence-corrected chi connectivity index (χ1v) is 5.53. The van der Waals surface area contributed by atoms with E-state index in [4.69, 9.17) is 10.5 Å². The van der Waals surface area contributed by atoms with Gasteiger partial charge in [-0.15, -0.1) is 0 Å². The molecule has 0 amide bonds. The molecule has 82 valence electrons. The first kappa shape index (κ1) is 10.5. The van der Waals surface area contributed by atoms with Crippen LogP contribution in [0, 0.1) is 12.8 Å². The lowest BCUT2D eigenvalue weighted by Gasteiger charge is -2.41. The van der Waals surface area contributed by atoms with Gasteiger partial charge in [0, 0.05) is 6.04 Å². The van der Waals surface area contributed by atoms with Crippen molar-refractivity contribution in [3.8, 4) is 5.75 Å². The molecule has 1 aliphatic carbocycles. The maximum absolute atomic E-state index is 5.94. The van der Waals surface area contributed by atoms with E-state index in [2.05, 4.69) is 32.0 Å². The number of benzene rings is 1. The number of ether oxygens (including phenoxy) is 1. The van der Waals surface area contributed by atoms with Gasteiger partial charge in [0.1, 0.15) is 5.75 Å². The van der Waals surface area contributed by atoms with Crippen LogP contribution >= 0.6 is 0 Å². The van der Waals surface area contributed by atoms with Crippen molar-refractivity contribution in [2.75, 3.05) is 7.11 Å². The summed E-state index contributed by atoms with van der Waals surface area (Å²) in [5.74, 6) is 2.15. The van der Waals surface area contributed by atoms with Crippen molar-refractivity contribution in [3.05, 3.63) is 29.3 Å². The Morgan fingerprint density at radius 1 is 1.40 bits per heavy atom. The van der Waals surface area contributed by atoms with Crippen LogP contribution in [0.25, 0.3) is 0 Å². The summed E-state index contributed by atoms with van der Waals surface area (Å²) in [7, 11) is 1.73. The SMILES string of the molecule is COc1ccc(C)cc1C1CC(N)C1C. The van der Waals surface area contributed by atoms with E-state index in [0.29, 0.717) is 17.9 Å². The fourth-order valence-electron chi connectivity index (χ4n) is 2.38. The van der Waals surface area contributed by atoms with Gasteiger partial charge >= 0.3 is 0 Å². The summed E-state index contributed by atoms with van der Waals surface area (Å²) in [6.07, 6.45) is 1.08. The van der Waals surface area contributed by atoms with Crippen LogP contribution in [0.1, 0.15) is 30.4 Å². The molecule has 0 radical (unpaired) electrons. The molecule has 0 bridgehead atoms. The second-order valence-corrected chi connectivity index (χ2v) is 4.61. The summed E-state index contributed by atoms with van der Waals surface area (Å²) in [5, 5.41) is 0. The Morgan fingerprint density at radius 3 is 2.67 bits per heavy atom. The highest BCUT2D eigenvalue weighted by molar-refractivity contribution is 5.41. The van der Waals surface area contributed by atoms with Crippen LogP contribution in [0.2, 0.25) is 0 Å². The fraction of sp³-hybridized carbons (Fsp3) is 0.538. The van der Waals surface area contributed by atoms with Crippen molar-refractivity contribution in [2.45, 2.75) is 32.2 Å². The molecule has 2 nitrogen and oxygen atoms in total. The summed E-state index contributed by atoms with van der Waals surface area (Å²) in [4.78, 5) is 0. The van der Waals surface area contributed by atoms with Gasteiger partial charge in [-0.1, -0.05) is 24.6 Å². The second kappa shape index (κ2) is 3.86. The van der Waals surface area contributed by atoms with Crippen molar-refractivity contribution < 1.29 is 4.74 Å². The number of hydrogen-bond donors (Lipinski definition) is 1. The molecular weight excluding hydrogens is 186 g/mol. The molecule has 0 heterocycles. The molecule has 3 unspecified atom stereocenters. The van der Waals surface area contributed by atoms with Gasteiger partial charge in [-0.25, -0.2) is 0 Å². The maximum atomic E-state index is 5.94. The average molecular weight is 205 g/mol. The molecule has 0 aliphatic heterocycles. The van der Waals surface area contributed by atoms with E-state index in [9.17, 15) is 0 Å². The molecule has 1 aromatic rings. The average Bonchev–Trinajstić information content (AvgIpc) is 2.25. The lowest BCUT2D eigenvalue weighted by Crippen LogP contribution is -2.44. The quantitative estimate of drug-likeness (QED) is 0.805. The molecule has 1 fully saturated rings. The van der Waals surface area contributed by atoms with Crippen LogP contribution < -0.4 is 10.5 Å². The number of rotatable bonds is 2. The second-order valence-electron chi connectivity index (χ2n) is 4.61. The molecule has 1 aliphatic rings. The predicted molar refractivity (Wildman–Crippen MR) is 62.2 cm³/mol. The third-order valence-electron chi connectivity index (χ3n) is 3.62. The van der Waals surface area contributed by atoms with Crippen LogP contribution in [-0.4, -0.2) is 13.2 Å². The molecule has 0 spiro atoms. The highest BCUT2D eigenvalue weighted by Gasteiger charge is 2.37. The molecule has 1 aromatic carbocycles. The zero-order chi connectivity index (χ0) is 11.0. The summed E-state index contributed by atoms with van der Waals surface area (Å²) in [6.45, 7) is 4.34. The Kier molecular flexibility index (Phi) is 2.70. The minimum absolute atomic E-state index is 0.361. The summed E-state index contributed by atoms with van der Waals surface area (Å²) in [5.41, 5.74) is 8.55. The van der Waals surface area contributed by atoms with E-state index in [0.717, 1.165) is 12.2 Å². The van der Waals surface area contributed by atoms with E-state index in [1.165, 1.54) is 11.1 Å². The minimum atomic E-state index is 0.361. The monoisotopic (exact) mass is 205 g/mol. The lowest BCUT2D eigenvalue weighted by atomic mass is 9.67. The van der Waals surface area contributed by atoms with Crippen LogP contribution in [0.3, 0.4) is 0 Å². The van der Waals surface area contributed by atoms with Crippen molar-refractivity contribution in [1.29, 1.82) is 0 Å². The molecule has 1 saturated carbocycles. The van der Waals surface area contributed by atoms with Gasteiger partial charge < -0.3 is 10.5 Å². The predicted octanol–water partition coefficient (Wildman–Crippen LogP) is 2.45. The van der Waals surface area contributed by atoms with E-state index < -0.39 is 0 Å². The van der Waals surface area contributed by atoms with Gasteiger partial charge in [0.05, 0.1) is 7.11 Å². The Bertz CT molecular complexity index is 362. The van der Waals surface area contributed by atoms with Crippen molar-refractivity contribution in [1.82, 2.24) is 0 Å². The van der Waals surface area contributed by atoms with E-state index in [1.54, 1.807) is 7.11 Å². The van der Waals surface area contributed by atoms with Gasteiger partial charge in [-0.05, 0) is 36.8 Å². The fourth-order valence-corrected chi connectivity index (χ4v) is 2.38. The summed E-state index contributed by atoms with van der Waals surface area (Å²) < 4.78 is 5.40. The van der Waals surface area contributed by atoms with Crippen molar-refractivity contribution in [2.24, 2.45) is 11.7 Å². The maximum Gasteiger partial charge on any atom is 0.122 e. The van der Waals surface area contributed by atoms with Gasteiger partial charge in [-0.3, -0.25) is 0 Å². The number of methoxy groups -OCH3 is 1. The third kappa shape index (κ3) is 1.74. The van der Waals surface area contributed by atoms with Crippen molar-refractivity contribution in [3.63, 3.8) is 0 Å². The smallest absolute Gasteiger partial charge is 0.122 e. The Morgan fingerprint density at radius 2 is 2.13 bits per heavy atom. The lowest BCUT2D eigenvalue weighted by molar-refractivity contribution is 0.221. The van der Waals surface area contributed by atoms with Crippen LogP contribution in [-0.2, 0) is 0 Å². The molecule has 2 heteroatoms. The first-order valence-electron chi connectivity index (χ1n) is 5.53. The first-order chi connectivity index (χ1) is 7.13. The van der Waals surface area contributed by atoms with Gasteiger partial charge in [0.15, 0.2) is 0 Å². The Labute approximate surface area is 91.4 Å². The number of nitrogens with two attached hydrogens (primary N) is 1. The molecular formula is C13H19NO. The number of hydrogen-bond acceptors (Lipinski definition) is 2. The van der Waals surface area contributed by atoms with Crippen LogP contribution in [0.4, 0.5) is 0 Å². The van der Waals surface area contributed by atoms with Crippen molar-refractivity contribution >= 4 is 0 Å². The van der Waals surface area contributed by atoms with E-state index in [-0.39, 0.29) is 0 Å².